The molecule has 2 heterocycles. The van der Waals surface area contributed by atoms with Crippen LogP contribution in [-0.2, 0) is 0 Å². The number of ketones is 1. The van der Waals surface area contributed by atoms with Gasteiger partial charge in [-0.1, -0.05) is 36.6 Å². The lowest BCUT2D eigenvalue weighted by Crippen LogP contribution is -2.23. The molecule has 0 amide bonds. The molecule has 1 fully saturated rings. The molecule has 0 aliphatic carbocycles. The molecule has 4 nitrogen and oxygen atoms in total. The van der Waals surface area contributed by atoms with Gasteiger partial charge in [0.25, 0.3) is 0 Å². The second-order valence-electron chi connectivity index (χ2n) is 7.32. The summed E-state index contributed by atoms with van der Waals surface area (Å²) in [6, 6.07) is 15.9. The Labute approximate surface area is 170 Å². The Morgan fingerprint density at radius 3 is 2.14 bits per heavy atom. The van der Waals surface area contributed by atoms with Crippen molar-refractivity contribution in [3.63, 3.8) is 0 Å². The molecule has 2 aromatic carbocycles. The Morgan fingerprint density at radius 2 is 1.54 bits per heavy atom. The van der Waals surface area contributed by atoms with E-state index in [0.717, 1.165) is 24.2 Å². The number of halogens is 1. The average Bonchev–Trinajstić information content (AvgIpc) is 2.98. The van der Waals surface area contributed by atoms with Gasteiger partial charge in [-0.25, -0.2) is 4.98 Å². The van der Waals surface area contributed by atoms with E-state index in [1.165, 1.54) is 31.4 Å². The van der Waals surface area contributed by atoms with Crippen LogP contribution in [0.25, 0.3) is 22.6 Å². The fourth-order valence-corrected chi connectivity index (χ4v) is 3.87. The van der Waals surface area contributed by atoms with E-state index in [1.54, 1.807) is 6.92 Å². The first-order valence-electron chi connectivity index (χ1n) is 9.84. The summed E-state index contributed by atoms with van der Waals surface area (Å²) < 4.78 is 0. The number of nitrogens with zero attached hydrogens (tertiary/aromatic N) is 2. The van der Waals surface area contributed by atoms with Gasteiger partial charge in [0.2, 0.25) is 0 Å². The highest BCUT2D eigenvalue weighted by Gasteiger charge is 2.17. The van der Waals surface area contributed by atoms with E-state index in [0.29, 0.717) is 22.2 Å². The first-order valence-corrected chi connectivity index (χ1v) is 10.2. The molecule has 28 heavy (non-hydrogen) atoms. The normalized spacial score (nSPS) is 14.7. The maximum Gasteiger partial charge on any atom is 0.178 e. The molecule has 1 aliphatic rings. The second kappa shape index (κ2) is 8.19. The monoisotopic (exact) mass is 393 g/mol. The van der Waals surface area contributed by atoms with E-state index in [4.69, 9.17) is 16.6 Å². The van der Waals surface area contributed by atoms with Gasteiger partial charge in [0.1, 0.15) is 11.5 Å². The van der Waals surface area contributed by atoms with E-state index < -0.39 is 0 Å². The number of anilines is 1. The summed E-state index contributed by atoms with van der Waals surface area (Å²) in [5, 5.41) is 0.660. The standard InChI is InChI=1S/C23H24ClN3O/c1-16(28)21-22(17-6-10-19(24)11-7-17)26-23(25-21)18-8-12-20(13-9-18)27-14-4-2-3-5-15-27/h6-13H,2-5,14-15H2,1H3,(H,25,26). The molecule has 3 aromatic rings. The van der Waals surface area contributed by atoms with Crippen molar-refractivity contribution in [3.05, 3.63) is 59.2 Å². The van der Waals surface area contributed by atoms with Gasteiger partial charge in [0.15, 0.2) is 5.78 Å². The Morgan fingerprint density at radius 1 is 0.929 bits per heavy atom. The number of benzene rings is 2. The molecule has 0 bridgehead atoms. The largest absolute Gasteiger partial charge is 0.372 e. The summed E-state index contributed by atoms with van der Waals surface area (Å²) in [6.07, 6.45) is 5.16. The fourth-order valence-electron chi connectivity index (χ4n) is 3.74. The molecule has 1 saturated heterocycles. The zero-order valence-corrected chi connectivity index (χ0v) is 16.8. The van der Waals surface area contributed by atoms with Crippen molar-refractivity contribution < 1.29 is 4.79 Å². The summed E-state index contributed by atoms with van der Waals surface area (Å²) in [7, 11) is 0. The molecule has 0 spiro atoms. The lowest BCUT2D eigenvalue weighted by molar-refractivity contribution is 0.101. The van der Waals surface area contributed by atoms with Crippen LogP contribution in [0.4, 0.5) is 5.69 Å². The minimum Gasteiger partial charge on any atom is -0.372 e. The van der Waals surface area contributed by atoms with Crippen molar-refractivity contribution >= 4 is 23.1 Å². The summed E-state index contributed by atoms with van der Waals surface area (Å²) >= 11 is 5.99. The first kappa shape index (κ1) is 18.8. The van der Waals surface area contributed by atoms with Crippen LogP contribution in [0, 0.1) is 0 Å². The predicted molar refractivity (Wildman–Crippen MR) is 115 cm³/mol. The molecule has 1 aromatic heterocycles. The van der Waals surface area contributed by atoms with Crippen molar-refractivity contribution in [2.75, 3.05) is 18.0 Å². The summed E-state index contributed by atoms with van der Waals surface area (Å²) in [5.41, 5.74) is 4.28. The van der Waals surface area contributed by atoms with Gasteiger partial charge in [-0.3, -0.25) is 4.79 Å². The maximum atomic E-state index is 12.1. The molecule has 5 heteroatoms. The Balaban J connectivity index is 1.64. The highest BCUT2D eigenvalue weighted by atomic mass is 35.5. The molecule has 0 atom stereocenters. The highest BCUT2D eigenvalue weighted by Crippen LogP contribution is 2.29. The quantitative estimate of drug-likeness (QED) is 0.554. The van der Waals surface area contributed by atoms with Gasteiger partial charge < -0.3 is 9.88 Å². The zero-order valence-electron chi connectivity index (χ0n) is 16.0. The van der Waals surface area contributed by atoms with E-state index >= 15 is 0 Å². The third-order valence-electron chi connectivity index (χ3n) is 5.29. The lowest BCUT2D eigenvalue weighted by Gasteiger charge is -2.22. The lowest BCUT2D eigenvalue weighted by atomic mass is 10.1. The average molecular weight is 394 g/mol. The van der Waals surface area contributed by atoms with Crippen molar-refractivity contribution in [2.24, 2.45) is 0 Å². The molecule has 144 valence electrons. The third-order valence-corrected chi connectivity index (χ3v) is 5.54. The number of aromatic amines is 1. The molecular formula is C23H24ClN3O. The Hall–Kier alpha value is -2.59. The molecule has 1 aliphatic heterocycles. The Kier molecular flexibility index (Phi) is 5.49. The number of rotatable bonds is 4. The van der Waals surface area contributed by atoms with Crippen molar-refractivity contribution in [1.82, 2.24) is 9.97 Å². The van der Waals surface area contributed by atoms with Gasteiger partial charge in [0.05, 0.1) is 5.69 Å². The van der Waals surface area contributed by atoms with Crippen molar-refractivity contribution in [1.29, 1.82) is 0 Å². The number of hydrogen-bond donors (Lipinski definition) is 1. The maximum absolute atomic E-state index is 12.1. The number of Topliss-reactive ketones (excluding diaryl/α,β-unsaturated/α-hetero) is 1. The zero-order chi connectivity index (χ0) is 19.5. The minimum absolute atomic E-state index is 0.0371. The van der Waals surface area contributed by atoms with E-state index in [-0.39, 0.29) is 5.78 Å². The summed E-state index contributed by atoms with van der Waals surface area (Å²) in [6.45, 7) is 3.80. The van der Waals surface area contributed by atoms with Gasteiger partial charge >= 0.3 is 0 Å². The molecule has 0 radical (unpaired) electrons. The van der Waals surface area contributed by atoms with E-state index in [9.17, 15) is 4.79 Å². The predicted octanol–water partition coefficient (Wildman–Crippen LogP) is 5.98. The first-order chi connectivity index (χ1) is 13.6. The number of carbonyl (C=O) groups is 1. The van der Waals surface area contributed by atoms with E-state index in [2.05, 4.69) is 34.1 Å². The molecule has 0 saturated carbocycles. The molecule has 4 rings (SSSR count). The molecule has 0 unspecified atom stereocenters. The number of aromatic nitrogens is 2. The van der Waals surface area contributed by atoms with Gasteiger partial charge in [0, 0.05) is 41.9 Å². The number of carbonyl (C=O) groups excluding carboxylic acids is 1. The van der Waals surface area contributed by atoms with Crippen LogP contribution < -0.4 is 4.90 Å². The third kappa shape index (κ3) is 3.97. The summed E-state index contributed by atoms with van der Waals surface area (Å²) in [4.78, 5) is 22.5. The van der Waals surface area contributed by atoms with Crippen LogP contribution in [0.1, 0.15) is 43.1 Å². The number of imidazole rings is 1. The van der Waals surface area contributed by atoms with Crippen LogP contribution in [0.3, 0.4) is 0 Å². The van der Waals surface area contributed by atoms with Gasteiger partial charge in [-0.15, -0.1) is 0 Å². The molecule has 1 N–H and O–H groups in total. The summed E-state index contributed by atoms with van der Waals surface area (Å²) in [5.74, 6) is 0.669. The Bertz CT molecular complexity index is 953. The van der Waals surface area contributed by atoms with Crippen LogP contribution >= 0.6 is 11.6 Å². The van der Waals surface area contributed by atoms with Crippen molar-refractivity contribution in [3.8, 4) is 22.6 Å². The SMILES string of the molecule is CC(=O)c1[nH]c(-c2ccc(N3CCCCCC3)cc2)nc1-c1ccc(Cl)cc1. The smallest absolute Gasteiger partial charge is 0.178 e. The second-order valence-corrected chi connectivity index (χ2v) is 7.76. The van der Waals surface area contributed by atoms with E-state index in [1.807, 2.05) is 24.3 Å². The topological polar surface area (TPSA) is 49.0 Å². The van der Waals surface area contributed by atoms with Crippen LogP contribution in [0.5, 0.6) is 0 Å². The number of hydrogen-bond acceptors (Lipinski definition) is 3. The minimum atomic E-state index is -0.0371. The molecular weight excluding hydrogens is 370 g/mol. The van der Waals surface area contributed by atoms with Crippen molar-refractivity contribution in [2.45, 2.75) is 32.6 Å². The van der Waals surface area contributed by atoms with Gasteiger partial charge in [-0.05, 0) is 49.2 Å². The van der Waals surface area contributed by atoms with Gasteiger partial charge in [-0.2, -0.15) is 0 Å². The number of H-pyrrole nitrogens is 1. The van der Waals surface area contributed by atoms with Crippen LogP contribution in [-0.4, -0.2) is 28.8 Å². The van der Waals surface area contributed by atoms with Crippen LogP contribution in [0.15, 0.2) is 48.5 Å². The fraction of sp³-hybridized carbons (Fsp3) is 0.304. The number of nitrogens with one attached hydrogen (secondary N) is 1. The highest BCUT2D eigenvalue weighted by molar-refractivity contribution is 6.30. The van der Waals surface area contributed by atoms with Crippen LogP contribution in [0.2, 0.25) is 5.02 Å².